The third kappa shape index (κ3) is 3.06. The van der Waals surface area contributed by atoms with E-state index in [1.165, 1.54) is 30.5 Å². The van der Waals surface area contributed by atoms with E-state index in [1.54, 1.807) is 30.3 Å². The highest BCUT2D eigenvalue weighted by molar-refractivity contribution is 7.89. The normalized spacial score (nSPS) is 21.6. The SMILES string of the molecule is Nc1ccc(S(=O)(=O)N2C=C(c3ccccc3)C3C(=O)C(=O)C=C(CO)C32)cc1. The van der Waals surface area contributed by atoms with Gasteiger partial charge in [-0.2, -0.15) is 0 Å². The van der Waals surface area contributed by atoms with Gasteiger partial charge in [0.05, 0.1) is 23.5 Å². The highest BCUT2D eigenvalue weighted by atomic mass is 32.2. The molecule has 0 fully saturated rings. The van der Waals surface area contributed by atoms with Crippen molar-refractivity contribution in [2.24, 2.45) is 5.92 Å². The van der Waals surface area contributed by atoms with Gasteiger partial charge in [-0.15, -0.1) is 0 Å². The first-order valence-electron chi connectivity index (χ1n) is 8.90. The summed E-state index contributed by atoms with van der Waals surface area (Å²) < 4.78 is 27.8. The maximum absolute atomic E-state index is 13.4. The molecule has 4 rings (SSSR count). The molecular formula is C21H18N2O5S. The van der Waals surface area contributed by atoms with Crippen LogP contribution in [0.4, 0.5) is 5.69 Å². The molecule has 2 unspecified atom stereocenters. The van der Waals surface area contributed by atoms with Crippen LogP contribution >= 0.6 is 0 Å². The van der Waals surface area contributed by atoms with E-state index in [2.05, 4.69) is 0 Å². The molecule has 0 aromatic heterocycles. The van der Waals surface area contributed by atoms with Crippen LogP contribution in [0.25, 0.3) is 5.57 Å². The Balaban J connectivity index is 1.91. The lowest BCUT2D eigenvalue weighted by Crippen LogP contribution is -2.46. The quantitative estimate of drug-likeness (QED) is 0.581. The molecule has 8 heteroatoms. The lowest BCUT2D eigenvalue weighted by atomic mass is 9.78. The number of fused-ring (bicyclic) bond motifs is 1. The minimum atomic E-state index is -4.06. The minimum absolute atomic E-state index is 0.00218. The number of nitrogens with two attached hydrogens (primary N) is 1. The average Bonchev–Trinajstić information content (AvgIpc) is 3.13. The van der Waals surface area contributed by atoms with Gasteiger partial charge in [0, 0.05) is 11.9 Å². The Bertz CT molecular complexity index is 1150. The predicted molar refractivity (Wildman–Crippen MR) is 107 cm³/mol. The van der Waals surface area contributed by atoms with Crippen molar-refractivity contribution in [2.75, 3.05) is 12.3 Å². The van der Waals surface area contributed by atoms with Gasteiger partial charge in [0.25, 0.3) is 10.0 Å². The molecule has 7 nitrogen and oxygen atoms in total. The van der Waals surface area contributed by atoms with E-state index in [4.69, 9.17) is 5.73 Å². The number of ketones is 2. The molecule has 0 saturated heterocycles. The number of benzene rings is 2. The van der Waals surface area contributed by atoms with Crippen LogP contribution in [0.5, 0.6) is 0 Å². The van der Waals surface area contributed by atoms with Crippen LogP contribution in [-0.4, -0.2) is 42.0 Å². The van der Waals surface area contributed by atoms with E-state index < -0.39 is 40.2 Å². The van der Waals surface area contributed by atoms with Crippen molar-refractivity contribution in [1.29, 1.82) is 0 Å². The number of nitrogen functional groups attached to an aromatic ring is 1. The molecule has 3 N–H and O–H groups in total. The minimum Gasteiger partial charge on any atom is -0.399 e. The fourth-order valence-corrected chi connectivity index (χ4v) is 5.29. The zero-order valence-corrected chi connectivity index (χ0v) is 16.0. The molecule has 0 radical (unpaired) electrons. The second-order valence-corrected chi connectivity index (χ2v) is 8.73. The Hall–Kier alpha value is -3.23. The van der Waals surface area contributed by atoms with E-state index in [0.29, 0.717) is 16.8 Å². The zero-order valence-electron chi connectivity index (χ0n) is 15.2. The summed E-state index contributed by atoms with van der Waals surface area (Å²) in [6.45, 7) is -0.538. The summed E-state index contributed by atoms with van der Waals surface area (Å²) in [6.07, 6.45) is 2.42. The molecular weight excluding hydrogens is 392 g/mol. The summed E-state index contributed by atoms with van der Waals surface area (Å²) in [4.78, 5) is 24.9. The molecule has 2 aromatic carbocycles. The second-order valence-electron chi connectivity index (χ2n) is 6.88. The summed E-state index contributed by atoms with van der Waals surface area (Å²) in [5.41, 5.74) is 7.32. The number of anilines is 1. The maximum Gasteiger partial charge on any atom is 0.264 e. The Kier molecular flexibility index (Phi) is 4.60. The van der Waals surface area contributed by atoms with Crippen LogP contribution in [0.3, 0.4) is 0 Å². The fraction of sp³-hybridized carbons (Fsp3) is 0.143. The first-order chi connectivity index (χ1) is 13.8. The van der Waals surface area contributed by atoms with Crippen molar-refractivity contribution in [1.82, 2.24) is 4.31 Å². The topological polar surface area (TPSA) is 118 Å². The van der Waals surface area contributed by atoms with Gasteiger partial charge in [0.1, 0.15) is 0 Å². The van der Waals surface area contributed by atoms with Gasteiger partial charge in [0.2, 0.25) is 11.6 Å². The number of aliphatic hydroxyl groups excluding tert-OH is 1. The Labute approximate surface area is 167 Å². The van der Waals surface area contributed by atoms with Gasteiger partial charge in [-0.25, -0.2) is 8.42 Å². The number of sulfonamides is 1. The summed E-state index contributed by atoms with van der Waals surface area (Å²) in [7, 11) is -4.06. The number of Topliss-reactive ketones (excluding diaryl/α,β-unsaturated/α-hetero) is 1. The molecule has 29 heavy (non-hydrogen) atoms. The van der Waals surface area contributed by atoms with E-state index in [9.17, 15) is 23.1 Å². The van der Waals surface area contributed by atoms with Crippen molar-refractivity contribution in [3.8, 4) is 0 Å². The van der Waals surface area contributed by atoms with Gasteiger partial charge < -0.3 is 10.8 Å². The summed E-state index contributed by atoms with van der Waals surface area (Å²) in [5.74, 6) is -2.46. The number of hydrogen-bond donors (Lipinski definition) is 2. The van der Waals surface area contributed by atoms with E-state index in [-0.39, 0.29) is 10.5 Å². The van der Waals surface area contributed by atoms with Crippen molar-refractivity contribution >= 4 is 32.9 Å². The molecule has 2 atom stereocenters. The number of hydrogen-bond acceptors (Lipinski definition) is 6. The van der Waals surface area contributed by atoms with Gasteiger partial charge in [-0.3, -0.25) is 13.9 Å². The van der Waals surface area contributed by atoms with Crippen molar-refractivity contribution in [2.45, 2.75) is 10.9 Å². The standard InChI is InChI=1S/C21H18N2O5S/c22-15-6-8-16(9-7-15)29(27,28)23-11-17(13-4-2-1-3-5-13)19-20(23)14(12-24)10-18(25)21(19)26/h1-11,19-20,24H,12,22H2. The number of nitrogens with zero attached hydrogens (tertiary/aromatic N) is 1. The number of rotatable bonds is 4. The molecule has 0 saturated carbocycles. The predicted octanol–water partition coefficient (Wildman–Crippen LogP) is 1.37. The molecule has 2 aliphatic rings. The van der Waals surface area contributed by atoms with Crippen LogP contribution in [0.15, 0.2) is 77.3 Å². The number of aliphatic hydroxyl groups is 1. The average molecular weight is 410 g/mol. The molecule has 0 spiro atoms. The molecule has 148 valence electrons. The first kappa shape index (κ1) is 19.1. The van der Waals surface area contributed by atoms with Crippen LogP contribution in [0.1, 0.15) is 5.56 Å². The lowest BCUT2D eigenvalue weighted by molar-refractivity contribution is -0.136. The monoisotopic (exact) mass is 410 g/mol. The fourth-order valence-electron chi connectivity index (χ4n) is 3.76. The van der Waals surface area contributed by atoms with Gasteiger partial charge >= 0.3 is 0 Å². The van der Waals surface area contributed by atoms with Crippen LogP contribution in [0.2, 0.25) is 0 Å². The van der Waals surface area contributed by atoms with E-state index in [1.807, 2.05) is 0 Å². The Morgan fingerprint density at radius 3 is 2.28 bits per heavy atom. The second kappa shape index (κ2) is 6.98. The Morgan fingerprint density at radius 2 is 1.66 bits per heavy atom. The van der Waals surface area contributed by atoms with E-state index in [0.717, 1.165) is 10.4 Å². The number of carbonyl (C=O) groups is 2. The number of allylic oxidation sites excluding steroid dienone is 1. The molecule has 0 amide bonds. The highest BCUT2D eigenvalue weighted by Crippen LogP contribution is 2.43. The summed E-state index contributed by atoms with van der Waals surface area (Å²) >= 11 is 0. The Morgan fingerprint density at radius 1 is 1.00 bits per heavy atom. The smallest absolute Gasteiger partial charge is 0.264 e. The molecule has 1 aliphatic carbocycles. The molecule has 0 bridgehead atoms. The molecule has 1 heterocycles. The van der Waals surface area contributed by atoms with Crippen molar-refractivity contribution in [3.05, 3.63) is 78.0 Å². The number of carbonyl (C=O) groups excluding carboxylic acids is 2. The van der Waals surface area contributed by atoms with Crippen LogP contribution in [-0.2, 0) is 19.6 Å². The van der Waals surface area contributed by atoms with Gasteiger partial charge in [0.15, 0.2) is 0 Å². The van der Waals surface area contributed by atoms with Crippen molar-refractivity contribution < 1.29 is 23.1 Å². The first-order valence-corrected chi connectivity index (χ1v) is 10.3. The molecule has 1 aliphatic heterocycles. The summed E-state index contributed by atoms with van der Waals surface area (Å²) in [6, 6.07) is 13.5. The van der Waals surface area contributed by atoms with E-state index >= 15 is 0 Å². The third-order valence-corrected chi connectivity index (χ3v) is 6.91. The van der Waals surface area contributed by atoms with Gasteiger partial charge in [-0.05, 0) is 47.1 Å². The maximum atomic E-state index is 13.4. The lowest BCUT2D eigenvalue weighted by Gasteiger charge is -2.32. The van der Waals surface area contributed by atoms with Crippen LogP contribution in [0, 0.1) is 5.92 Å². The zero-order chi connectivity index (χ0) is 20.8. The van der Waals surface area contributed by atoms with Crippen molar-refractivity contribution in [3.63, 3.8) is 0 Å². The van der Waals surface area contributed by atoms with Crippen LogP contribution < -0.4 is 5.73 Å². The molecule has 2 aromatic rings. The third-order valence-electron chi connectivity index (χ3n) is 5.16. The highest BCUT2D eigenvalue weighted by Gasteiger charge is 2.50. The largest absolute Gasteiger partial charge is 0.399 e. The summed E-state index contributed by atoms with van der Waals surface area (Å²) in [5, 5.41) is 9.80. The van der Waals surface area contributed by atoms with Gasteiger partial charge in [-0.1, -0.05) is 30.3 Å².